The van der Waals surface area contributed by atoms with Crippen LogP contribution in [-0.2, 0) is 0 Å². The van der Waals surface area contributed by atoms with E-state index in [1.54, 1.807) is 19.3 Å². The summed E-state index contributed by atoms with van der Waals surface area (Å²) in [6.45, 7) is 3.46. The van der Waals surface area contributed by atoms with Gasteiger partial charge in [-0.1, -0.05) is 11.6 Å². The van der Waals surface area contributed by atoms with Gasteiger partial charge < -0.3 is 0 Å². The van der Waals surface area contributed by atoms with E-state index in [4.69, 9.17) is 11.6 Å². The van der Waals surface area contributed by atoms with Crippen molar-refractivity contribution in [2.75, 3.05) is 0 Å². The molecule has 0 fully saturated rings. The van der Waals surface area contributed by atoms with Crippen molar-refractivity contribution in [2.45, 2.75) is 13.8 Å². The van der Waals surface area contributed by atoms with Crippen LogP contribution in [0.5, 0.6) is 0 Å². The van der Waals surface area contributed by atoms with Crippen molar-refractivity contribution in [1.29, 1.82) is 0 Å². The average molecular weight is 238 g/mol. The molecular weight excluding hydrogens is 229 g/mol. The molecule has 2 aromatic heterocycles. The molecule has 0 aliphatic rings. The Labute approximate surface area is 97.3 Å². The van der Waals surface area contributed by atoms with E-state index in [0.29, 0.717) is 5.82 Å². The Morgan fingerprint density at radius 2 is 2.00 bits per heavy atom. The van der Waals surface area contributed by atoms with Crippen LogP contribution in [0.15, 0.2) is 18.5 Å². The zero-order valence-corrected chi connectivity index (χ0v) is 9.59. The highest BCUT2D eigenvalue weighted by molar-refractivity contribution is 6.29. The number of aryl methyl sites for hydroxylation is 2. The van der Waals surface area contributed by atoms with E-state index in [-0.39, 0.29) is 10.8 Å². The predicted octanol–water partition coefficient (Wildman–Crippen LogP) is 2.95. The van der Waals surface area contributed by atoms with E-state index in [2.05, 4.69) is 15.0 Å². The van der Waals surface area contributed by atoms with Gasteiger partial charge in [0.15, 0.2) is 16.8 Å². The van der Waals surface area contributed by atoms with Crippen LogP contribution in [0, 0.1) is 19.7 Å². The van der Waals surface area contributed by atoms with E-state index in [9.17, 15) is 4.39 Å². The first-order valence-electron chi connectivity index (χ1n) is 4.70. The van der Waals surface area contributed by atoms with E-state index in [1.807, 2.05) is 13.0 Å². The minimum Gasteiger partial charge on any atom is -0.264 e. The molecule has 0 amide bonds. The highest BCUT2D eigenvalue weighted by atomic mass is 35.5. The van der Waals surface area contributed by atoms with Crippen LogP contribution in [0.2, 0.25) is 5.15 Å². The van der Waals surface area contributed by atoms with E-state index in [0.717, 1.165) is 11.1 Å². The summed E-state index contributed by atoms with van der Waals surface area (Å²) in [7, 11) is 0. The summed E-state index contributed by atoms with van der Waals surface area (Å²) >= 11 is 5.67. The van der Waals surface area contributed by atoms with Crippen LogP contribution in [0.4, 0.5) is 4.39 Å². The van der Waals surface area contributed by atoms with Crippen LogP contribution in [-0.4, -0.2) is 15.0 Å². The van der Waals surface area contributed by atoms with Crippen molar-refractivity contribution in [3.8, 4) is 11.4 Å². The van der Waals surface area contributed by atoms with Crippen molar-refractivity contribution >= 4 is 11.6 Å². The first kappa shape index (κ1) is 11.0. The maximum absolute atomic E-state index is 13.3. The number of halogens is 2. The summed E-state index contributed by atoms with van der Waals surface area (Å²) in [6, 6.07) is 1.84. The molecule has 82 valence electrons. The summed E-state index contributed by atoms with van der Waals surface area (Å²) in [4.78, 5) is 11.9. The molecule has 0 saturated carbocycles. The van der Waals surface area contributed by atoms with Crippen LogP contribution < -0.4 is 0 Å². The maximum Gasteiger partial charge on any atom is 0.181 e. The largest absolute Gasteiger partial charge is 0.264 e. The van der Waals surface area contributed by atoms with Gasteiger partial charge in [0.25, 0.3) is 0 Å². The quantitative estimate of drug-likeness (QED) is 0.716. The molecule has 0 bridgehead atoms. The van der Waals surface area contributed by atoms with Crippen molar-refractivity contribution in [3.63, 3.8) is 0 Å². The van der Waals surface area contributed by atoms with Crippen molar-refractivity contribution in [3.05, 3.63) is 40.7 Å². The molecule has 0 atom stereocenters. The lowest BCUT2D eigenvalue weighted by atomic mass is 10.1. The van der Waals surface area contributed by atoms with Gasteiger partial charge in [-0.3, -0.25) is 4.98 Å². The Morgan fingerprint density at radius 3 is 2.62 bits per heavy atom. The molecule has 0 aliphatic heterocycles. The number of aromatic nitrogens is 3. The lowest BCUT2D eigenvalue weighted by Gasteiger charge is -2.05. The molecule has 2 rings (SSSR count). The molecule has 0 radical (unpaired) electrons. The van der Waals surface area contributed by atoms with E-state index < -0.39 is 5.82 Å². The van der Waals surface area contributed by atoms with Crippen LogP contribution >= 0.6 is 11.6 Å². The minimum atomic E-state index is -0.577. The van der Waals surface area contributed by atoms with Gasteiger partial charge in [-0.25, -0.2) is 14.4 Å². The van der Waals surface area contributed by atoms with Crippen molar-refractivity contribution < 1.29 is 4.39 Å². The Kier molecular flexibility index (Phi) is 2.83. The van der Waals surface area contributed by atoms with Gasteiger partial charge in [0, 0.05) is 18.0 Å². The first-order valence-corrected chi connectivity index (χ1v) is 5.08. The van der Waals surface area contributed by atoms with E-state index >= 15 is 0 Å². The zero-order valence-electron chi connectivity index (χ0n) is 8.83. The number of nitrogens with zero attached hydrogens (tertiary/aromatic N) is 3. The zero-order chi connectivity index (χ0) is 11.7. The smallest absolute Gasteiger partial charge is 0.181 e. The van der Waals surface area contributed by atoms with E-state index in [1.165, 1.54) is 0 Å². The van der Waals surface area contributed by atoms with Gasteiger partial charge in [-0.05, 0) is 25.5 Å². The fourth-order valence-electron chi connectivity index (χ4n) is 1.34. The fourth-order valence-corrected chi connectivity index (χ4v) is 1.56. The second kappa shape index (κ2) is 4.14. The minimum absolute atomic E-state index is 0.161. The summed E-state index contributed by atoms with van der Waals surface area (Å²) < 4.78 is 13.3. The normalized spacial score (nSPS) is 10.5. The number of hydrogen-bond acceptors (Lipinski definition) is 3. The van der Waals surface area contributed by atoms with Gasteiger partial charge in [0.2, 0.25) is 0 Å². The Hall–Kier alpha value is -1.55. The highest BCUT2D eigenvalue weighted by Crippen LogP contribution is 2.22. The van der Waals surface area contributed by atoms with Gasteiger partial charge >= 0.3 is 0 Å². The summed E-state index contributed by atoms with van der Waals surface area (Å²) in [5.41, 5.74) is 1.96. The topological polar surface area (TPSA) is 38.7 Å². The average Bonchev–Trinajstić information content (AvgIpc) is 2.26. The Balaban J connectivity index is 2.62. The van der Waals surface area contributed by atoms with Crippen molar-refractivity contribution in [2.24, 2.45) is 0 Å². The first-order chi connectivity index (χ1) is 7.59. The lowest BCUT2D eigenvalue weighted by molar-refractivity contribution is 0.603. The molecule has 0 aliphatic carbocycles. The van der Waals surface area contributed by atoms with Crippen LogP contribution in [0.3, 0.4) is 0 Å². The Morgan fingerprint density at radius 1 is 1.25 bits per heavy atom. The standard InChI is InChI=1S/C11H9ClFN3/c1-6-3-4-14-5-8(6)11-15-7(2)9(13)10(12)16-11/h3-5H,1-2H3. The molecule has 0 unspecified atom stereocenters. The summed E-state index contributed by atoms with van der Waals surface area (Å²) in [5, 5.41) is -0.161. The summed E-state index contributed by atoms with van der Waals surface area (Å²) in [6.07, 6.45) is 3.31. The maximum atomic E-state index is 13.3. The molecule has 16 heavy (non-hydrogen) atoms. The highest BCUT2D eigenvalue weighted by Gasteiger charge is 2.12. The van der Waals surface area contributed by atoms with Crippen molar-refractivity contribution in [1.82, 2.24) is 15.0 Å². The molecule has 0 saturated heterocycles. The van der Waals surface area contributed by atoms with Crippen LogP contribution in [0.25, 0.3) is 11.4 Å². The van der Waals surface area contributed by atoms with Gasteiger partial charge in [0.1, 0.15) is 0 Å². The molecule has 2 aromatic rings. The molecular formula is C11H9ClFN3. The third-order valence-electron chi connectivity index (χ3n) is 2.26. The third-order valence-corrected chi connectivity index (χ3v) is 2.51. The van der Waals surface area contributed by atoms with Gasteiger partial charge in [-0.15, -0.1) is 0 Å². The molecule has 0 N–H and O–H groups in total. The predicted molar refractivity (Wildman–Crippen MR) is 59.7 cm³/mol. The lowest BCUT2D eigenvalue weighted by Crippen LogP contribution is -1.98. The summed E-state index contributed by atoms with van der Waals surface area (Å²) in [5.74, 6) is -0.179. The second-order valence-corrected chi connectivity index (χ2v) is 3.79. The van der Waals surface area contributed by atoms with Gasteiger partial charge in [0.05, 0.1) is 5.69 Å². The third kappa shape index (κ3) is 1.88. The van der Waals surface area contributed by atoms with Crippen LogP contribution in [0.1, 0.15) is 11.3 Å². The molecule has 0 spiro atoms. The molecule has 5 heteroatoms. The second-order valence-electron chi connectivity index (χ2n) is 3.43. The van der Waals surface area contributed by atoms with Gasteiger partial charge in [-0.2, -0.15) is 0 Å². The number of rotatable bonds is 1. The fraction of sp³-hybridized carbons (Fsp3) is 0.182. The molecule has 0 aromatic carbocycles. The molecule has 3 nitrogen and oxygen atoms in total. The Bertz CT molecular complexity index is 519. The monoisotopic (exact) mass is 237 g/mol. The SMILES string of the molecule is Cc1ccncc1-c1nc(C)c(F)c(Cl)n1. The number of pyridine rings is 1. The number of hydrogen-bond donors (Lipinski definition) is 0. The molecule has 2 heterocycles.